The fourth-order valence-electron chi connectivity index (χ4n) is 2.91. The third-order valence-corrected chi connectivity index (χ3v) is 3.87. The van der Waals surface area contributed by atoms with Crippen molar-refractivity contribution in [1.29, 1.82) is 0 Å². The molecule has 0 saturated heterocycles. The summed E-state index contributed by atoms with van der Waals surface area (Å²) >= 11 is 0. The zero-order chi connectivity index (χ0) is 12.4. The van der Waals surface area contributed by atoms with E-state index in [0.717, 1.165) is 12.8 Å². The zero-order valence-electron chi connectivity index (χ0n) is 10.8. The fraction of sp³-hybridized carbons (Fsp3) is 0.600. The Morgan fingerprint density at radius 1 is 1.35 bits per heavy atom. The van der Waals surface area contributed by atoms with Crippen molar-refractivity contribution in [2.45, 2.75) is 38.7 Å². The lowest BCUT2D eigenvalue weighted by atomic mass is 9.70. The van der Waals surface area contributed by atoms with Gasteiger partial charge in [-0.1, -0.05) is 38.1 Å². The summed E-state index contributed by atoms with van der Waals surface area (Å²) in [6, 6.07) is 8.40. The Morgan fingerprint density at radius 3 is 2.65 bits per heavy atom. The van der Waals surface area contributed by atoms with Gasteiger partial charge in [-0.2, -0.15) is 0 Å². The topological polar surface area (TPSA) is 46.2 Å². The zero-order valence-corrected chi connectivity index (χ0v) is 10.8. The van der Waals surface area contributed by atoms with E-state index in [-0.39, 0.29) is 12.0 Å². The van der Waals surface area contributed by atoms with Crippen LogP contribution in [0, 0.1) is 11.8 Å². The minimum absolute atomic E-state index is 0.230. The summed E-state index contributed by atoms with van der Waals surface area (Å²) in [6.45, 7) is 4.95. The lowest BCUT2D eigenvalue weighted by Crippen LogP contribution is -2.38. The van der Waals surface area contributed by atoms with Crippen LogP contribution >= 0.6 is 0 Å². The molecule has 94 valence electrons. The highest BCUT2D eigenvalue weighted by Gasteiger charge is 2.35. The Bertz CT molecular complexity index is 375. The van der Waals surface area contributed by atoms with Gasteiger partial charge in [-0.25, -0.2) is 0 Å². The van der Waals surface area contributed by atoms with Gasteiger partial charge in [-0.15, -0.1) is 0 Å². The van der Waals surface area contributed by atoms with Crippen LogP contribution in [0.2, 0.25) is 0 Å². The molecule has 0 spiro atoms. The summed E-state index contributed by atoms with van der Waals surface area (Å²) in [6.07, 6.45) is 1.74. The van der Waals surface area contributed by atoms with Crippen LogP contribution in [-0.2, 0) is 6.42 Å². The predicted molar refractivity (Wildman–Crippen MR) is 70.9 cm³/mol. The number of benzene rings is 1. The van der Waals surface area contributed by atoms with E-state index in [9.17, 15) is 5.11 Å². The molecule has 0 amide bonds. The van der Waals surface area contributed by atoms with E-state index in [1.54, 1.807) is 0 Å². The lowest BCUT2D eigenvalue weighted by molar-refractivity contribution is 0.0655. The SMILES string of the molecule is CC(C)CC(CN)C(O)C1Cc2ccccc21. The second-order valence-corrected chi connectivity index (χ2v) is 5.63. The van der Waals surface area contributed by atoms with Crippen molar-refractivity contribution < 1.29 is 5.11 Å². The van der Waals surface area contributed by atoms with Gasteiger partial charge in [0, 0.05) is 5.92 Å². The molecule has 0 bridgehead atoms. The van der Waals surface area contributed by atoms with Crippen molar-refractivity contribution in [1.82, 2.24) is 0 Å². The van der Waals surface area contributed by atoms with Crippen molar-refractivity contribution in [3.05, 3.63) is 35.4 Å². The number of rotatable bonds is 5. The van der Waals surface area contributed by atoms with Crippen LogP contribution in [0.3, 0.4) is 0 Å². The van der Waals surface area contributed by atoms with E-state index in [1.807, 2.05) is 0 Å². The minimum Gasteiger partial charge on any atom is -0.392 e. The van der Waals surface area contributed by atoms with Crippen LogP contribution in [0.25, 0.3) is 0 Å². The Balaban J connectivity index is 2.04. The molecule has 0 saturated carbocycles. The average molecular weight is 233 g/mol. The Kier molecular flexibility index (Phi) is 3.85. The fourth-order valence-corrected chi connectivity index (χ4v) is 2.91. The molecule has 1 aliphatic rings. The summed E-state index contributed by atoms with van der Waals surface area (Å²) in [7, 11) is 0. The van der Waals surface area contributed by atoms with Gasteiger partial charge in [-0.05, 0) is 42.3 Å². The summed E-state index contributed by atoms with van der Waals surface area (Å²) < 4.78 is 0. The molecular weight excluding hydrogens is 210 g/mol. The van der Waals surface area contributed by atoms with Gasteiger partial charge in [-0.3, -0.25) is 0 Å². The van der Waals surface area contributed by atoms with Crippen LogP contribution in [0.5, 0.6) is 0 Å². The van der Waals surface area contributed by atoms with Gasteiger partial charge >= 0.3 is 0 Å². The Labute approximate surface area is 104 Å². The monoisotopic (exact) mass is 233 g/mol. The first-order chi connectivity index (χ1) is 8.13. The van der Waals surface area contributed by atoms with E-state index in [1.165, 1.54) is 11.1 Å². The summed E-state index contributed by atoms with van der Waals surface area (Å²) in [5.74, 6) is 1.13. The largest absolute Gasteiger partial charge is 0.392 e. The molecule has 2 heteroatoms. The molecule has 1 aromatic carbocycles. The molecule has 0 fully saturated rings. The number of aliphatic hydroxyl groups excluding tert-OH is 1. The van der Waals surface area contributed by atoms with Crippen molar-refractivity contribution in [2.24, 2.45) is 17.6 Å². The molecule has 0 heterocycles. The van der Waals surface area contributed by atoms with Crippen molar-refractivity contribution in [3.8, 4) is 0 Å². The van der Waals surface area contributed by atoms with Crippen LogP contribution in [-0.4, -0.2) is 17.8 Å². The molecule has 0 aliphatic heterocycles. The third kappa shape index (κ3) is 2.53. The number of nitrogens with two attached hydrogens (primary N) is 1. The van der Waals surface area contributed by atoms with Crippen molar-refractivity contribution in [3.63, 3.8) is 0 Å². The van der Waals surface area contributed by atoms with E-state index < -0.39 is 0 Å². The summed E-state index contributed by atoms with van der Waals surface area (Å²) in [4.78, 5) is 0. The highest BCUT2D eigenvalue weighted by atomic mass is 16.3. The second-order valence-electron chi connectivity index (χ2n) is 5.63. The molecule has 0 radical (unpaired) electrons. The third-order valence-electron chi connectivity index (χ3n) is 3.87. The lowest BCUT2D eigenvalue weighted by Gasteiger charge is -2.37. The number of hydrogen-bond acceptors (Lipinski definition) is 2. The first-order valence-corrected chi connectivity index (χ1v) is 6.59. The van der Waals surface area contributed by atoms with Crippen LogP contribution in [0.15, 0.2) is 24.3 Å². The second kappa shape index (κ2) is 5.19. The maximum Gasteiger partial charge on any atom is 0.0652 e. The molecular formula is C15H23NO. The molecule has 1 aromatic rings. The minimum atomic E-state index is -0.280. The number of aliphatic hydroxyl groups is 1. The standard InChI is InChI=1S/C15H23NO/c1-10(2)7-12(9-16)15(17)14-8-11-5-3-4-6-13(11)14/h3-6,10,12,14-15,17H,7-9,16H2,1-2H3. The average Bonchev–Trinajstić information content (AvgIpc) is 2.27. The highest BCUT2D eigenvalue weighted by Crippen LogP contribution is 2.40. The van der Waals surface area contributed by atoms with Gasteiger partial charge in [0.1, 0.15) is 0 Å². The summed E-state index contributed by atoms with van der Waals surface area (Å²) in [5, 5.41) is 10.4. The molecule has 2 rings (SSSR count). The van der Waals surface area contributed by atoms with E-state index in [0.29, 0.717) is 18.4 Å². The normalized spacial score (nSPS) is 21.8. The highest BCUT2D eigenvalue weighted by molar-refractivity contribution is 5.40. The predicted octanol–water partition coefficient (Wildman–Crippen LogP) is 2.31. The van der Waals surface area contributed by atoms with Gasteiger partial charge in [0.25, 0.3) is 0 Å². The van der Waals surface area contributed by atoms with Crippen molar-refractivity contribution >= 4 is 0 Å². The van der Waals surface area contributed by atoms with Crippen LogP contribution < -0.4 is 5.73 Å². The van der Waals surface area contributed by atoms with E-state index in [2.05, 4.69) is 38.1 Å². The molecule has 0 aromatic heterocycles. The maximum absolute atomic E-state index is 10.4. The van der Waals surface area contributed by atoms with Gasteiger partial charge < -0.3 is 10.8 Å². The van der Waals surface area contributed by atoms with Gasteiger partial charge in [0.05, 0.1) is 6.10 Å². The first-order valence-electron chi connectivity index (χ1n) is 6.59. The van der Waals surface area contributed by atoms with Gasteiger partial charge in [0.15, 0.2) is 0 Å². The molecule has 3 N–H and O–H groups in total. The number of fused-ring (bicyclic) bond motifs is 1. The van der Waals surface area contributed by atoms with E-state index in [4.69, 9.17) is 5.73 Å². The van der Waals surface area contributed by atoms with Crippen LogP contribution in [0.4, 0.5) is 0 Å². The molecule has 1 aliphatic carbocycles. The Hall–Kier alpha value is -0.860. The van der Waals surface area contributed by atoms with Gasteiger partial charge in [0.2, 0.25) is 0 Å². The molecule has 2 nitrogen and oxygen atoms in total. The van der Waals surface area contributed by atoms with Crippen molar-refractivity contribution in [2.75, 3.05) is 6.54 Å². The number of hydrogen-bond donors (Lipinski definition) is 2. The van der Waals surface area contributed by atoms with E-state index >= 15 is 0 Å². The van der Waals surface area contributed by atoms with Crippen LogP contribution in [0.1, 0.15) is 37.3 Å². The molecule has 3 atom stereocenters. The smallest absolute Gasteiger partial charge is 0.0652 e. The first kappa shape index (κ1) is 12.6. The molecule has 17 heavy (non-hydrogen) atoms. The Morgan fingerprint density at radius 2 is 2.06 bits per heavy atom. The quantitative estimate of drug-likeness (QED) is 0.819. The maximum atomic E-state index is 10.4. The molecule has 3 unspecified atom stereocenters. The summed E-state index contributed by atoms with van der Waals surface area (Å²) in [5.41, 5.74) is 8.51.